The van der Waals surface area contributed by atoms with Crippen LogP contribution in [0.4, 0.5) is 13.2 Å². The van der Waals surface area contributed by atoms with Crippen LogP contribution in [0, 0.1) is 0 Å². The van der Waals surface area contributed by atoms with Crippen molar-refractivity contribution < 1.29 is 18.0 Å². The van der Waals surface area contributed by atoms with Crippen LogP contribution >= 0.6 is 23.1 Å². The number of aromatic nitrogens is 1. The molecule has 0 saturated heterocycles. The Bertz CT molecular complexity index is 698. The minimum absolute atomic E-state index is 0.186. The van der Waals surface area contributed by atoms with Gasteiger partial charge in [-0.05, 0) is 0 Å². The van der Waals surface area contributed by atoms with Crippen LogP contribution < -0.4 is 0 Å². The summed E-state index contributed by atoms with van der Waals surface area (Å²) in [5.74, 6) is -1.19. The van der Waals surface area contributed by atoms with E-state index >= 15 is 0 Å². The van der Waals surface area contributed by atoms with Gasteiger partial charge in [-0.1, -0.05) is 47.2 Å². The van der Waals surface area contributed by atoms with Crippen LogP contribution in [-0.2, 0) is 4.84 Å². The van der Waals surface area contributed by atoms with Crippen LogP contribution in [0.3, 0.4) is 0 Å². The Kier molecular flexibility index (Phi) is 6.66. The lowest BCUT2D eigenvalue weighted by atomic mass is 10.1. The fourth-order valence-electron chi connectivity index (χ4n) is 1.69. The van der Waals surface area contributed by atoms with Gasteiger partial charge in [-0.3, -0.25) is 0 Å². The third kappa shape index (κ3) is 5.11. The van der Waals surface area contributed by atoms with Gasteiger partial charge < -0.3 is 4.84 Å². The van der Waals surface area contributed by atoms with Gasteiger partial charge >= 0.3 is 6.08 Å². The zero-order chi connectivity index (χ0) is 16.7. The van der Waals surface area contributed by atoms with Gasteiger partial charge in [0.05, 0.1) is 16.8 Å². The van der Waals surface area contributed by atoms with Gasteiger partial charge in [0, 0.05) is 17.7 Å². The summed E-state index contributed by atoms with van der Waals surface area (Å²) in [7, 11) is 1.44. The molecule has 1 heterocycles. The second-order valence-corrected chi connectivity index (χ2v) is 6.61. The van der Waals surface area contributed by atoms with Gasteiger partial charge in [0.25, 0.3) is 0 Å². The van der Waals surface area contributed by atoms with Gasteiger partial charge in [-0.15, -0.1) is 11.3 Å². The fourth-order valence-corrected chi connectivity index (χ4v) is 3.73. The van der Waals surface area contributed by atoms with Crippen LogP contribution in [0.5, 0.6) is 0 Å². The van der Waals surface area contributed by atoms with E-state index in [2.05, 4.69) is 15.0 Å². The molecule has 2 aromatic rings. The van der Waals surface area contributed by atoms with Crippen LogP contribution in [0.1, 0.15) is 11.3 Å². The Morgan fingerprint density at radius 3 is 2.70 bits per heavy atom. The van der Waals surface area contributed by atoms with Crippen molar-refractivity contribution in [1.29, 1.82) is 0 Å². The number of halogens is 3. The number of hydrogen-bond donors (Lipinski definition) is 0. The van der Waals surface area contributed by atoms with Crippen molar-refractivity contribution in [3.63, 3.8) is 0 Å². The molecule has 0 fully saturated rings. The van der Waals surface area contributed by atoms with E-state index in [9.17, 15) is 13.2 Å². The second kappa shape index (κ2) is 8.73. The predicted octanol–water partition coefficient (Wildman–Crippen LogP) is 5.35. The van der Waals surface area contributed by atoms with Gasteiger partial charge in [-0.25, -0.2) is 9.37 Å². The van der Waals surface area contributed by atoms with Crippen LogP contribution in [0.25, 0.3) is 11.3 Å². The molecule has 0 aliphatic heterocycles. The fraction of sp³-hybridized carbons (Fsp3) is 0.200. The molecule has 0 atom stereocenters. The van der Waals surface area contributed by atoms with Crippen molar-refractivity contribution in [2.45, 2.75) is 10.8 Å². The van der Waals surface area contributed by atoms with E-state index in [1.165, 1.54) is 30.2 Å². The number of thiazole rings is 1. The van der Waals surface area contributed by atoms with Crippen molar-refractivity contribution in [3.8, 4) is 11.3 Å². The molecule has 0 bridgehead atoms. The Morgan fingerprint density at radius 1 is 1.30 bits per heavy atom. The summed E-state index contributed by atoms with van der Waals surface area (Å²) in [5, 5.41) is 3.74. The van der Waals surface area contributed by atoms with E-state index in [-0.39, 0.29) is 12.2 Å². The molecule has 0 aliphatic carbocycles. The monoisotopic (exact) mass is 358 g/mol. The normalized spacial score (nSPS) is 11.0. The molecule has 8 heteroatoms. The number of benzene rings is 1. The SMILES string of the molecule is CON=Cc1sc(SCCC(F)=C(F)F)nc1-c1ccccc1. The van der Waals surface area contributed by atoms with Crippen molar-refractivity contribution >= 4 is 29.3 Å². The van der Waals surface area contributed by atoms with E-state index in [0.29, 0.717) is 4.34 Å². The molecule has 0 saturated carbocycles. The van der Waals surface area contributed by atoms with Gasteiger partial charge in [-0.2, -0.15) is 8.78 Å². The molecular weight excluding hydrogens is 345 g/mol. The second-order valence-electron chi connectivity index (χ2n) is 4.24. The number of rotatable bonds is 7. The first-order valence-corrected chi connectivity index (χ1v) is 8.37. The third-order valence-electron chi connectivity index (χ3n) is 2.71. The zero-order valence-corrected chi connectivity index (χ0v) is 13.8. The maximum atomic E-state index is 12.8. The smallest absolute Gasteiger partial charge is 0.301 e. The average molecular weight is 358 g/mol. The van der Waals surface area contributed by atoms with Gasteiger partial charge in [0.1, 0.15) is 7.11 Å². The maximum Gasteiger partial charge on any atom is 0.301 e. The largest absolute Gasteiger partial charge is 0.399 e. The lowest BCUT2D eigenvalue weighted by molar-refractivity contribution is 0.215. The highest BCUT2D eigenvalue weighted by molar-refractivity contribution is 8.01. The first-order valence-electron chi connectivity index (χ1n) is 6.57. The molecule has 0 aliphatic rings. The molecule has 0 amide bonds. The predicted molar refractivity (Wildman–Crippen MR) is 87.8 cm³/mol. The van der Waals surface area contributed by atoms with Crippen LogP contribution in [0.2, 0.25) is 0 Å². The van der Waals surface area contributed by atoms with Gasteiger partial charge in [0.2, 0.25) is 0 Å². The molecule has 0 spiro atoms. The summed E-state index contributed by atoms with van der Waals surface area (Å²) in [4.78, 5) is 9.96. The highest BCUT2D eigenvalue weighted by atomic mass is 32.2. The first kappa shape index (κ1) is 17.6. The summed E-state index contributed by atoms with van der Waals surface area (Å²) in [5.41, 5.74) is 1.64. The van der Waals surface area contributed by atoms with Crippen molar-refractivity contribution in [3.05, 3.63) is 47.1 Å². The Labute approximate surface area is 139 Å². The van der Waals surface area contributed by atoms with E-state index in [4.69, 9.17) is 0 Å². The average Bonchev–Trinajstić information content (AvgIpc) is 2.96. The number of oxime groups is 1. The summed E-state index contributed by atoms with van der Waals surface area (Å²) in [6.07, 6.45) is -1.04. The topological polar surface area (TPSA) is 34.5 Å². The Balaban J connectivity index is 2.17. The Hall–Kier alpha value is -1.80. The molecule has 23 heavy (non-hydrogen) atoms. The van der Waals surface area contributed by atoms with Crippen LogP contribution in [0.15, 0.2) is 51.7 Å². The number of nitrogens with zero attached hydrogens (tertiary/aromatic N) is 2. The Morgan fingerprint density at radius 2 is 2.04 bits per heavy atom. The molecule has 1 aromatic heterocycles. The van der Waals surface area contributed by atoms with E-state index < -0.39 is 11.9 Å². The summed E-state index contributed by atoms with van der Waals surface area (Å²) < 4.78 is 37.5. The van der Waals surface area contributed by atoms with E-state index in [1.807, 2.05) is 30.3 Å². The summed E-state index contributed by atoms with van der Waals surface area (Å²) >= 11 is 2.58. The van der Waals surface area contributed by atoms with Crippen molar-refractivity contribution in [2.24, 2.45) is 5.16 Å². The number of thioether (sulfide) groups is 1. The van der Waals surface area contributed by atoms with Crippen LogP contribution in [-0.4, -0.2) is 24.1 Å². The molecule has 3 nitrogen and oxygen atoms in total. The quantitative estimate of drug-likeness (QED) is 0.380. The zero-order valence-electron chi connectivity index (χ0n) is 12.1. The molecule has 0 unspecified atom stereocenters. The summed E-state index contributed by atoms with van der Waals surface area (Å²) in [6.45, 7) is 0. The molecule has 1 aromatic carbocycles. The lowest BCUT2D eigenvalue weighted by Gasteiger charge is -1.97. The lowest BCUT2D eigenvalue weighted by Crippen LogP contribution is -1.85. The number of allylic oxidation sites excluding steroid dienone is 1. The highest BCUT2D eigenvalue weighted by Gasteiger charge is 2.13. The molecule has 2 rings (SSSR count). The summed E-state index contributed by atoms with van der Waals surface area (Å²) in [6, 6.07) is 9.50. The third-order valence-corrected chi connectivity index (χ3v) is 4.84. The standard InChI is InChI=1S/C15H13F3N2OS2/c1-21-19-9-12-13(10-5-3-2-4-6-10)20-15(23-12)22-8-7-11(16)14(17)18/h2-6,9H,7-8H2,1H3. The van der Waals surface area contributed by atoms with E-state index in [0.717, 1.165) is 16.1 Å². The molecule has 0 N–H and O–H groups in total. The minimum atomic E-state index is -2.26. The molecule has 0 radical (unpaired) electrons. The first-order chi connectivity index (χ1) is 11.1. The maximum absolute atomic E-state index is 12.8. The van der Waals surface area contributed by atoms with Gasteiger partial charge in [0.15, 0.2) is 10.2 Å². The molecule has 122 valence electrons. The highest BCUT2D eigenvalue weighted by Crippen LogP contribution is 2.33. The van der Waals surface area contributed by atoms with E-state index in [1.54, 1.807) is 6.21 Å². The molecular formula is C15H13F3N2OS2. The van der Waals surface area contributed by atoms with Crippen molar-refractivity contribution in [2.75, 3.05) is 12.9 Å². The number of hydrogen-bond acceptors (Lipinski definition) is 5. The van der Waals surface area contributed by atoms with Crippen molar-refractivity contribution in [1.82, 2.24) is 4.98 Å². The minimum Gasteiger partial charge on any atom is -0.399 e.